The maximum absolute atomic E-state index is 2.49. The molecule has 0 saturated heterocycles. The number of thiophene rings is 1. The van der Waals surface area contributed by atoms with Crippen LogP contribution in [0.25, 0.3) is 75.2 Å². The van der Waals surface area contributed by atoms with Crippen LogP contribution in [0.4, 0.5) is 17.1 Å². The van der Waals surface area contributed by atoms with Crippen molar-refractivity contribution >= 4 is 92.2 Å². The average molecular weight is 604 g/mol. The minimum Gasteiger partial charge on any atom is -0.309 e. The Morgan fingerprint density at radius 3 is 1.93 bits per heavy atom. The van der Waals surface area contributed by atoms with E-state index in [9.17, 15) is 0 Å². The third kappa shape index (κ3) is 3.11. The van der Waals surface area contributed by atoms with Crippen LogP contribution < -0.4 is 4.90 Å². The van der Waals surface area contributed by atoms with Crippen LogP contribution in [0.2, 0.25) is 0 Å². The van der Waals surface area contributed by atoms with Crippen LogP contribution in [0.15, 0.2) is 152 Å². The van der Waals surface area contributed by atoms with Crippen LogP contribution in [-0.4, -0.2) is 9.13 Å². The lowest BCUT2D eigenvalue weighted by Gasteiger charge is -2.33. The molecule has 0 atom stereocenters. The molecule has 11 rings (SSSR count). The molecule has 0 amide bonds. The molecule has 0 bridgehead atoms. The second kappa shape index (κ2) is 8.87. The Balaban J connectivity index is 1.27. The quantitative estimate of drug-likeness (QED) is 0.192. The molecular formula is C42H25N3S. The first-order valence-corrected chi connectivity index (χ1v) is 16.5. The molecule has 3 nitrogen and oxygen atoms in total. The van der Waals surface area contributed by atoms with Crippen LogP contribution in [0, 0.1) is 0 Å². The molecule has 7 aromatic carbocycles. The summed E-state index contributed by atoms with van der Waals surface area (Å²) in [5.41, 5.74) is 10.8. The average Bonchev–Trinajstić information content (AvgIpc) is 3.76. The van der Waals surface area contributed by atoms with Crippen molar-refractivity contribution in [3.63, 3.8) is 0 Å². The van der Waals surface area contributed by atoms with E-state index >= 15 is 0 Å². The summed E-state index contributed by atoms with van der Waals surface area (Å²) < 4.78 is 7.61. The smallest absolute Gasteiger partial charge is 0.0783 e. The summed E-state index contributed by atoms with van der Waals surface area (Å²) in [7, 11) is 0. The molecule has 1 aliphatic rings. The first kappa shape index (κ1) is 24.5. The molecular weight excluding hydrogens is 579 g/mol. The summed E-state index contributed by atoms with van der Waals surface area (Å²) in [6.07, 6.45) is 0. The van der Waals surface area contributed by atoms with Gasteiger partial charge in [-0.15, -0.1) is 11.3 Å². The van der Waals surface area contributed by atoms with Crippen molar-refractivity contribution in [2.24, 2.45) is 0 Å². The van der Waals surface area contributed by atoms with Crippen molar-refractivity contribution in [1.82, 2.24) is 9.13 Å². The topological polar surface area (TPSA) is 13.1 Å². The van der Waals surface area contributed by atoms with Crippen LogP contribution in [0.3, 0.4) is 0 Å². The van der Waals surface area contributed by atoms with E-state index in [1.807, 2.05) is 11.3 Å². The number of hydrogen-bond donors (Lipinski definition) is 0. The molecule has 1 aliphatic heterocycles. The number of fused-ring (bicyclic) bond motifs is 11. The van der Waals surface area contributed by atoms with Crippen LogP contribution in [0.1, 0.15) is 0 Å². The number of nitrogens with zero attached hydrogens (tertiary/aromatic N) is 3. The molecule has 0 spiro atoms. The highest BCUT2D eigenvalue weighted by atomic mass is 32.1. The Bertz CT molecular complexity index is 2870. The van der Waals surface area contributed by atoms with Crippen molar-refractivity contribution in [2.75, 3.05) is 4.90 Å². The van der Waals surface area contributed by atoms with Gasteiger partial charge in [0.15, 0.2) is 0 Å². The molecule has 4 heteroatoms. The van der Waals surface area contributed by atoms with Gasteiger partial charge >= 0.3 is 0 Å². The molecule has 0 unspecified atom stereocenters. The van der Waals surface area contributed by atoms with E-state index in [2.05, 4.69) is 166 Å². The van der Waals surface area contributed by atoms with E-state index in [0.717, 1.165) is 5.69 Å². The molecule has 3 aromatic heterocycles. The third-order valence-electron chi connectivity index (χ3n) is 9.80. The molecule has 0 aliphatic carbocycles. The van der Waals surface area contributed by atoms with Crippen LogP contribution in [-0.2, 0) is 0 Å². The molecule has 4 heterocycles. The van der Waals surface area contributed by atoms with Crippen molar-refractivity contribution in [3.8, 4) is 11.4 Å². The number of rotatable bonds is 2. The first-order valence-electron chi connectivity index (χ1n) is 15.7. The van der Waals surface area contributed by atoms with Crippen molar-refractivity contribution in [3.05, 3.63) is 152 Å². The number of hydrogen-bond acceptors (Lipinski definition) is 2. The summed E-state index contributed by atoms with van der Waals surface area (Å²) in [5, 5.41) is 7.72. The SMILES string of the molecule is c1ccc(N2c3ccccc3-n3c4cc5c(cc4c4cccc2c43)c2ccccc2n5-c2ccc3sc4ccccc4c3c2)cc1. The maximum atomic E-state index is 2.49. The number of benzene rings is 7. The fourth-order valence-corrected chi connectivity index (χ4v) is 8.98. The van der Waals surface area contributed by atoms with Crippen molar-refractivity contribution < 1.29 is 0 Å². The summed E-state index contributed by atoms with van der Waals surface area (Å²) in [6, 6.07) is 55.7. The molecule has 0 saturated carbocycles. The van der Waals surface area contributed by atoms with Gasteiger partial charge in [-0.1, -0.05) is 78.9 Å². The summed E-state index contributed by atoms with van der Waals surface area (Å²) in [6.45, 7) is 0. The second-order valence-electron chi connectivity index (χ2n) is 12.2. The van der Waals surface area contributed by atoms with Gasteiger partial charge in [0, 0.05) is 53.1 Å². The minimum atomic E-state index is 1.16. The Kier molecular flexibility index (Phi) is 4.72. The van der Waals surface area contributed by atoms with E-state index in [0.29, 0.717) is 0 Å². The molecule has 0 radical (unpaired) electrons. The standard InChI is InChI=1S/C42H25N3S/c1-2-11-26(12-3-1)43-35-17-7-8-18-36(35)45-39-25-38-31(24-32(39)30-15-10-19-37(43)42(30)45)28-13-4-6-16-34(28)44(38)27-21-22-41-33(23-27)29-14-5-9-20-40(29)46-41/h1-25H. The highest BCUT2D eigenvalue weighted by Gasteiger charge is 2.29. The first-order chi connectivity index (χ1) is 22.8. The summed E-state index contributed by atoms with van der Waals surface area (Å²) in [4.78, 5) is 2.41. The number of anilines is 3. The molecule has 46 heavy (non-hydrogen) atoms. The maximum Gasteiger partial charge on any atom is 0.0783 e. The summed E-state index contributed by atoms with van der Waals surface area (Å²) >= 11 is 1.87. The van der Waals surface area contributed by atoms with Crippen LogP contribution in [0.5, 0.6) is 0 Å². The molecule has 214 valence electrons. The Morgan fingerprint density at radius 1 is 0.348 bits per heavy atom. The highest BCUT2D eigenvalue weighted by molar-refractivity contribution is 7.25. The van der Waals surface area contributed by atoms with Gasteiger partial charge < -0.3 is 14.0 Å². The molecule has 0 N–H and O–H groups in total. The van der Waals surface area contributed by atoms with Crippen molar-refractivity contribution in [1.29, 1.82) is 0 Å². The lowest BCUT2D eigenvalue weighted by molar-refractivity contribution is 1.11. The van der Waals surface area contributed by atoms with E-state index in [-0.39, 0.29) is 0 Å². The number of aromatic nitrogens is 2. The van der Waals surface area contributed by atoms with E-state index in [1.54, 1.807) is 0 Å². The second-order valence-corrected chi connectivity index (χ2v) is 13.3. The van der Waals surface area contributed by atoms with Crippen molar-refractivity contribution in [2.45, 2.75) is 0 Å². The van der Waals surface area contributed by atoms with Gasteiger partial charge in [0.25, 0.3) is 0 Å². The van der Waals surface area contributed by atoms with Crippen LogP contribution >= 0.6 is 11.3 Å². The lowest BCUT2D eigenvalue weighted by atomic mass is 10.1. The van der Waals surface area contributed by atoms with Gasteiger partial charge in [-0.3, -0.25) is 0 Å². The zero-order valence-electron chi connectivity index (χ0n) is 24.7. The minimum absolute atomic E-state index is 1.16. The zero-order valence-corrected chi connectivity index (χ0v) is 25.5. The Hall–Kier alpha value is -5.84. The largest absolute Gasteiger partial charge is 0.309 e. The summed E-state index contributed by atoms with van der Waals surface area (Å²) in [5.74, 6) is 0. The predicted molar refractivity (Wildman–Crippen MR) is 196 cm³/mol. The van der Waals surface area contributed by atoms with E-state index in [1.165, 1.54) is 86.5 Å². The van der Waals surface area contributed by atoms with Gasteiger partial charge in [-0.25, -0.2) is 0 Å². The third-order valence-corrected chi connectivity index (χ3v) is 10.9. The Labute approximate surface area is 268 Å². The van der Waals surface area contributed by atoms with Gasteiger partial charge in [-0.05, 0) is 72.8 Å². The molecule has 10 aromatic rings. The monoisotopic (exact) mass is 603 g/mol. The highest BCUT2D eigenvalue weighted by Crippen LogP contribution is 2.50. The number of para-hydroxylation sites is 5. The normalized spacial score (nSPS) is 12.7. The van der Waals surface area contributed by atoms with E-state index in [4.69, 9.17) is 0 Å². The Morgan fingerprint density at radius 2 is 1.02 bits per heavy atom. The fourth-order valence-electron chi connectivity index (χ4n) is 7.90. The molecule has 0 fully saturated rings. The van der Waals surface area contributed by atoms with Gasteiger partial charge in [0.05, 0.1) is 39.1 Å². The van der Waals surface area contributed by atoms with Gasteiger partial charge in [0.1, 0.15) is 0 Å². The van der Waals surface area contributed by atoms with Gasteiger partial charge in [-0.2, -0.15) is 0 Å². The van der Waals surface area contributed by atoms with E-state index < -0.39 is 0 Å². The predicted octanol–water partition coefficient (Wildman–Crippen LogP) is 12.0. The lowest BCUT2D eigenvalue weighted by Crippen LogP contribution is -2.17. The zero-order chi connectivity index (χ0) is 29.9. The van der Waals surface area contributed by atoms with Gasteiger partial charge in [0.2, 0.25) is 0 Å². The fraction of sp³-hybridized carbons (Fsp3) is 0.